The zero-order chi connectivity index (χ0) is 22.9. The SMILES string of the molecule is Cc1ccccc1C1CCC(OC[C@H]2[C@@H](NS(C)(=O)=O)CCc3ccc(C)c(=O)n32)CC1. The van der Waals surface area contributed by atoms with Gasteiger partial charge in [-0.25, -0.2) is 13.1 Å². The molecular formula is C25H34N2O4S. The van der Waals surface area contributed by atoms with Gasteiger partial charge in [-0.3, -0.25) is 4.79 Å². The molecule has 1 N–H and O–H groups in total. The minimum atomic E-state index is -3.39. The monoisotopic (exact) mass is 458 g/mol. The lowest BCUT2D eigenvalue weighted by molar-refractivity contribution is -0.00171. The van der Waals surface area contributed by atoms with Gasteiger partial charge in [0.1, 0.15) is 0 Å². The molecule has 0 bridgehead atoms. The van der Waals surface area contributed by atoms with Gasteiger partial charge in [0, 0.05) is 17.3 Å². The second-order valence-electron chi connectivity index (χ2n) is 9.45. The van der Waals surface area contributed by atoms with Gasteiger partial charge in [0.2, 0.25) is 10.0 Å². The van der Waals surface area contributed by atoms with Gasteiger partial charge in [0.25, 0.3) is 5.56 Å². The van der Waals surface area contributed by atoms with Crippen LogP contribution in [0.1, 0.15) is 66.4 Å². The van der Waals surface area contributed by atoms with Crippen molar-refractivity contribution in [2.75, 3.05) is 12.9 Å². The molecule has 0 radical (unpaired) electrons. The fourth-order valence-corrected chi connectivity index (χ4v) is 6.18. The molecule has 0 saturated heterocycles. The van der Waals surface area contributed by atoms with E-state index in [1.165, 1.54) is 17.4 Å². The molecule has 7 heteroatoms. The molecule has 1 saturated carbocycles. The lowest BCUT2D eigenvalue weighted by Gasteiger charge is -2.37. The highest BCUT2D eigenvalue weighted by Crippen LogP contribution is 2.36. The van der Waals surface area contributed by atoms with Gasteiger partial charge in [-0.15, -0.1) is 0 Å². The van der Waals surface area contributed by atoms with Crippen molar-refractivity contribution in [2.24, 2.45) is 0 Å². The number of benzene rings is 1. The third kappa shape index (κ3) is 5.16. The van der Waals surface area contributed by atoms with Gasteiger partial charge < -0.3 is 9.30 Å². The van der Waals surface area contributed by atoms with Gasteiger partial charge >= 0.3 is 0 Å². The van der Waals surface area contributed by atoms with Crippen molar-refractivity contribution in [2.45, 2.75) is 76.5 Å². The molecule has 32 heavy (non-hydrogen) atoms. The third-order valence-electron chi connectivity index (χ3n) is 7.07. The molecule has 0 spiro atoms. The zero-order valence-electron chi connectivity index (χ0n) is 19.2. The van der Waals surface area contributed by atoms with Gasteiger partial charge in [0.15, 0.2) is 0 Å². The minimum absolute atomic E-state index is 0.0561. The Morgan fingerprint density at radius 3 is 2.41 bits per heavy atom. The van der Waals surface area contributed by atoms with Crippen molar-refractivity contribution < 1.29 is 13.2 Å². The van der Waals surface area contributed by atoms with Crippen molar-refractivity contribution in [3.05, 3.63) is 69.1 Å². The Bertz CT molecular complexity index is 1120. The average Bonchev–Trinajstić information content (AvgIpc) is 2.75. The summed E-state index contributed by atoms with van der Waals surface area (Å²) in [6.07, 6.45) is 6.76. The van der Waals surface area contributed by atoms with E-state index in [9.17, 15) is 13.2 Å². The topological polar surface area (TPSA) is 77.4 Å². The summed E-state index contributed by atoms with van der Waals surface area (Å²) in [5, 5.41) is 0. The van der Waals surface area contributed by atoms with Crippen LogP contribution in [0.4, 0.5) is 0 Å². The largest absolute Gasteiger partial charge is 0.376 e. The molecular weight excluding hydrogens is 424 g/mol. The van der Waals surface area contributed by atoms with Gasteiger partial charge in [-0.2, -0.15) is 0 Å². The summed E-state index contributed by atoms with van der Waals surface area (Å²) in [5.74, 6) is 0.566. The average molecular weight is 459 g/mol. The highest BCUT2D eigenvalue weighted by Gasteiger charge is 2.34. The Hall–Kier alpha value is -1.96. The van der Waals surface area contributed by atoms with Gasteiger partial charge in [-0.1, -0.05) is 30.3 Å². The van der Waals surface area contributed by atoms with E-state index >= 15 is 0 Å². The first kappa shape index (κ1) is 23.2. The van der Waals surface area contributed by atoms with Crippen molar-refractivity contribution in [3.63, 3.8) is 0 Å². The summed E-state index contributed by atoms with van der Waals surface area (Å²) in [6.45, 7) is 4.31. The van der Waals surface area contributed by atoms with Crippen LogP contribution in [0.3, 0.4) is 0 Å². The number of pyridine rings is 1. The van der Waals surface area contributed by atoms with E-state index in [2.05, 4.69) is 35.9 Å². The highest BCUT2D eigenvalue weighted by molar-refractivity contribution is 7.88. The van der Waals surface area contributed by atoms with Crippen molar-refractivity contribution in [3.8, 4) is 0 Å². The number of aromatic nitrogens is 1. The molecule has 2 aliphatic rings. The van der Waals surface area contributed by atoms with Crippen molar-refractivity contribution in [1.82, 2.24) is 9.29 Å². The summed E-state index contributed by atoms with van der Waals surface area (Å²) in [6, 6.07) is 11.7. The van der Waals surface area contributed by atoms with E-state index in [0.29, 0.717) is 30.9 Å². The van der Waals surface area contributed by atoms with E-state index in [0.717, 1.165) is 31.4 Å². The van der Waals surface area contributed by atoms with Crippen LogP contribution in [-0.2, 0) is 21.2 Å². The molecule has 6 nitrogen and oxygen atoms in total. The molecule has 1 aliphatic carbocycles. The number of hydrogen-bond acceptors (Lipinski definition) is 4. The lowest BCUT2D eigenvalue weighted by atomic mass is 9.81. The van der Waals surface area contributed by atoms with E-state index in [1.807, 2.05) is 12.1 Å². The summed E-state index contributed by atoms with van der Waals surface area (Å²) >= 11 is 0. The van der Waals surface area contributed by atoms with Gasteiger partial charge in [-0.05, 0) is 75.5 Å². The third-order valence-corrected chi connectivity index (χ3v) is 7.80. The second kappa shape index (κ2) is 9.49. The number of aryl methyl sites for hydroxylation is 3. The first-order valence-corrected chi connectivity index (χ1v) is 13.5. The predicted molar refractivity (Wildman–Crippen MR) is 127 cm³/mol. The molecule has 1 aliphatic heterocycles. The minimum Gasteiger partial charge on any atom is -0.376 e. The van der Waals surface area contributed by atoms with E-state index in [-0.39, 0.29) is 23.7 Å². The van der Waals surface area contributed by atoms with Crippen LogP contribution in [-0.4, -0.2) is 38.0 Å². The number of sulfonamides is 1. The maximum absolute atomic E-state index is 12.9. The van der Waals surface area contributed by atoms with Crippen LogP contribution in [0.5, 0.6) is 0 Å². The number of rotatable bonds is 6. The molecule has 2 atom stereocenters. The highest BCUT2D eigenvalue weighted by atomic mass is 32.2. The first-order chi connectivity index (χ1) is 15.2. The second-order valence-corrected chi connectivity index (χ2v) is 11.2. The fraction of sp³-hybridized carbons (Fsp3) is 0.560. The lowest BCUT2D eigenvalue weighted by Crippen LogP contribution is -2.49. The first-order valence-electron chi connectivity index (χ1n) is 11.6. The number of hydrogen-bond donors (Lipinski definition) is 1. The van der Waals surface area contributed by atoms with Crippen molar-refractivity contribution >= 4 is 10.0 Å². The van der Waals surface area contributed by atoms with Crippen LogP contribution >= 0.6 is 0 Å². The molecule has 1 aromatic heterocycles. The van der Waals surface area contributed by atoms with Crippen LogP contribution in [0, 0.1) is 13.8 Å². The molecule has 1 fully saturated rings. The molecule has 2 aromatic rings. The normalized spacial score (nSPS) is 26.0. The van der Waals surface area contributed by atoms with E-state index in [4.69, 9.17) is 4.74 Å². The van der Waals surface area contributed by atoms with Crippen LogP contribution in [0.15, 0.2) is 41.2 Å². The standard InChI is InChI=1S/C25H34N2O4S/c1-17-6-4-5-7-22(17)19-9-13-21(14-10-19)31-16-24-23(26-32(3,29)30)15-12-20-11-8-18(2)25(28)27(20)24/h4-8,11,19,21,23-24,26H,9-10,12-16H2,1-3H3/t19?,21?,23-,24-/m0/s1. The molecule has 0 unspecified atom stereocenters. The maximum atomic E-state index is 12.9. The molecule has 0 amide bonds. The molecule has 2 heterocycles. The summed E-state index contributed by atoms with van der Waals surface area (Å²) in [7, 11) is -3.39. The van der Waals surface area contributed by atoms with E-state index in [1.54, 1.807) is 11.5 Å². The Morgan fingerprint density at radius 1 is 1.00 bits per heavy atom. The Kier molecular flexibility index (Phi) is 6.89. The van der Waals surface area contributed by atoms with E-state index < -0.39 is 10.0 Å². The molecule has 4 rings (SSSR count). The fourth-order valence-electron chi connectivity index (χ4n) is 5.36. The predicted octanol–water partition coefficient (Wildman–Crippen LogP) is 3.61. The number of nitrogens with zero attached hydrogens (tertiary/aromatic N) is 1. The van der Waals surface area contributed by atoms with Crippen LogP contribution in [0.25, 0.3) is 0 Å². The summed E-state index contributed by atoms with van der Waals surface area (Å²) in [5.41, 5.74) is 4.34. The number of fused-ring (bicyclic) bond motifs is 1. The molecule has 1 aromatic carbocycles. The Labute approximate surface area is 191 Å². The Morgan fingerprint density at radius 2 is 1.72 bits per heavy atom. The van der Waals surface area contributed by atoms with Gasteiger partial charge in [0.05, 0.1) is 25.0 Å². The van der Waals surface area contributed by atoms with Crippen LogP contribution < -0.4 is 10.3 Å². The molecule has 174 valence electrons. The number of nitrogens with one attached hydrogen (secondary N) is 1. The summed E-state index contributed by atoms with van der Waals surface area (Å²) in [4.78, 5) is 12.9. The number of ether oxygens (including phenoxy) is 1. The maximum Gasteiger partial charge on any atom is 0.254 e. The smallest absolute Gasteiger partial charge is 0.254 e. The van der Waals surface area contributed by atoms with Crippen LogP contribution in [0.2, 0.25) is 0 Å². The van der Waals surface area contributed by atoms with Crippen molar-refractivity contribution in [1.29, 1.82) is 0 Å². The quantitative estimate of drug-likeness (QED) is 0.717. The Balaban J connectivity index is 1.47. The zero-order valence-corrected chi connectivity index (χ0v) is 20.0. The summed E-state index contributed by atoms with van der Waals surface area (Å²) < 4.78 is 34.8.